The number of amides is 1. The fourth-order valence-electron chi connectivity index (χ4n) is 4.25. The van der Waals surface area contributed by atoms with Crippen molar-refractivity contribution in [2.45, 2.75) is 59.3 Å². The number of carbonyl (C=O) groups excluding carboxylic acids is 1. The Balaban J connectivity index is 1.66. The molecule has 7 heteroatoms. The number of hydrogen-bond donors (Lipinski definition) is 0. The van der Waals surface area contributed by atoms with Gasteiger partial charge in [-0.1, -0.05) is 81.7 Å². The minimum atomic E-state index is -0.0132. The Hall–Kier alpha value is -2.90. The van der Waals surface area contributed by atoms with Gasteiger partial charge < -0.3 is 4.74 Å². The van der Waals surface area contributed by atoms with Gasteiger partial charge in [0.2, 0.25) is 0 Å². The van der Waals surface area contributed by atoms with Gasteiger partial charge in [0.25, 0.3) is 5.91 Å². The number of rotatable bonds is 12. The monoisotopic (exact) mass is 533 g/mol. The van der Waals surface area contributed by atoms with Crippen molar-refractivity contribution in [2.24, 2.45) is 0 Å². The van der Waals surface area contributed by atoms with E-state index < -0.39 is 0 Å². The summed E-state index contributed by atoms with van der Waals surface area (Å²) in [5.74, 6) is 0.881. The van der Waals surface area contributed by atoms with Gasteiger partial charge in [-0.05, 0) is 61.7 Å². The van der Waals surface area contributed by atoms with E-state index in [4.69, 9.17) is 22.1 Å². The topological polar surface area (TPSA) is 47.4 Å². The number of carbonyl (C=O) groups is 1. The van der Waals surface area contributed by atoms with Crippen molar-refractivity contribution >= 4 is 40.3 Å². The molecular formula is C30H35N3O2S2. The average molecular weight is 534 g/mol. The summed E-state index contributed by atoms with van der Waals surface area (Å²) >= 11 is 6.94. The molecule has 194 valence electrons. The smallest absolute Gasteiger partial charge is 0.266 e. The third-order valence-corrected chi connectivity index (χ3v) is 7.74. The van der Waals surface area contributed by atoms with Crippen LogP contribution in [0.4, 0.5) is 0 Å². The molecule has 0 saturated carbocycles. The normalized spacial score (nSPS) is 14.7. The van der Waals surface area contributed by atoms with Crippen molar-refractivity contribution in [1.29, 1.82) is 0 Å². The first-order valence-electron chi connectivity index (χ1n) is 13.2. The molecule has 2 heterocycles. The fraction of sp³-hybridized carbons (Fsp3) is 0.367. The van der Waals surface area contributed by atoms with Gasteiger partial charge in [-0.15, -0.1) is 0 Å². The highest BCUT2D eigenvalue weighted by Crippen LogP contribution is 2.36. The molecule has 1 saturated heterocycles. The second-order valence-corrected chi connectivity index (χ2v) is 11.0. The van der Waals surface area contributed by atoms with Crippen LogP contribution in [0.15, 0.2) is 59.6 Å². The molecule has 0 radical (unpaired) electrons. The van der Waals surface area contributed by atoms with Crippen LogP contribution >= 0.6 is 24.0 Å². The maximum Gasteiger partial charge on any atom is 0.266 e. The molecule has 3 aromatic rings. The molecule has 1 aliphatic rings. The lowest BCUT2D eigenvalue weighted by molar-refractivity contribution is -0.122. The van der Waals surface area contributed by atoms with Crippen LogP contribution in [0.2, 0.25) is 0 Å². The molecule has 1 amide bonds. The highest BCUT2D eigenvalue weighted by Gasteiger charge is 2.32. The summed E-state index contributed by atoms with van der Waals surface area (Å²) in [6.45, 7) is 7.79. The largest absolute Gasteiger partial charge is 0.493 e. The maximum atomic E-state index is 13.2. The molecule has 1 aromatic heterocycles. The first-order valence-corrected chi connectivity index (χ1v) is 14.4. The van der Waals surface area contributed by atoms with Gasteiger partial charge in [0.15, 0.2) is 0 Å². The number of thioether (sulfide) groups is 1. The predicted molar refractivity (Wildman–Crippen MR) is 158 cm³/mol. The molecule has 2 aromatic carbocycles. The Bertz CT molecular complexity index is 1270. The van der Waals surface area contributed by atoms with Crippen molar-refractivity contribution in [3.63, 3.8) is 0 Å². The minimum Gasteiger partial charge on any atom is -0.493 e. The Morgan fingerprint density at radius 3 is 2.54 bits per heavy atom. The van der Waals surface area contributed by atoms with Crippen LogP contribution in [0.3, 0.4) is 0 Å². The van der Waals surface area contributed by atoms with E-state index in [0.717, 1.165) is 65.9 Å². The second-order valence-electron chi connectivity index (χ2n) is 9.29. The molecule has 0 atom stereocenters. The summed E-state index contributed by atoms with van der Waals surface area (Å²) in [7, 11) is 0. The Labute approximate surface area is 229 Å². The highest BCUT2D eigenvalue weighted by molar-refractivity contribution is 8.26. The number of aromatic nitrogens is 2. The van der Waals surface area contributed by atoms with Gasteiger partial charge in [-0.2, -0.15) is 5.10 Å². The van der Waals surface area contributed by atoms with Crippen LogP contribution in [0.1, 0.15) is 63.5 Å². The van der Waals surface area contributed by atoms with Crippen LogP contribution in [0.25, 0.3) is 23.0 Å². The van der Waals surface area contributed by atoms with Crippen molar-refractivity contribution < 1.29 is 9.53 Å². The molecule has 0 N–H and O–H groups in total. The molecule has 0 bridgehead atoms. The van der Waals surface area contributed by atoms with Crippen molar-refractivity contribution in [2.75, 3.05) is 13.2 Å². The number of nitrogens with zero attached hydrogens (tertiary/aromatic N) is 3. The van der Waals surface area contributed by atoms with Crippen LogP contribution < -0.4 is 4.74 Å². The fourth-order valence-corrected chi connectivity index (χ4v) is 5.55. The zero-order chi connectivity index (χ0) is 26.2. The standard InChI is InChI=1S/C30H35N3O2S2/c1-4-6-8-12-17-32-29(34)27(37-30(32)36)20-24-21-33(25-13-10-9-11-14-25)31-28(24)23-15-16-26(22(3)19-23)35-18-7-5-2/h9-11,13-16,19-21H,4-8,12,17-18H2,1-3H3. The van der Waals surface area contributed by atoms with Crippen LogP contribution in [0.5, 0.6) is 5.75 Å². The molecular weight excluding hydrogens is 498 g/mol. The quantitative estimate of drug-likeness (QED) is 0.135. The van der Waals surface area contributed by atoms with E-state index in [9.17, 15) is 4.79 Å². The summed E-state index contributed by atoms with van der Waals surface area (Å²) in [5.41, 5.74) is 4.71. The molecule has 0 unspecified atom stereocenters. The maximum absolute atomic E-state index is 13.2. The summed E-state index contributed by atoms with van der Waals surface area (Å²) < 4.78 is 8.46. The molecule has 1 aliphatic heterocycles. The zero-order valence-corrected chi connectivity index (χ0v) is 23.5. The lowest BCUT2D eigenvalue weighted by atomic mass is 10.0. The van der Waals surface area contributed by atoms with E-state index >= 15 is 0 Å². The van der Waals surface area contributed by atoms with Crippen molar-refractivity contribution in [3.05, 3.63) is 70.8 Å². The molecule has 37 heavy (non-hydrogen) atoms. The number of ether oxygens (including phenoxy) is 1. The first-order chi connectivity index (χ1) is 18.0. The number of unbranched alkanes of at least 4 members (excludes halogenated alkanes) is 4. The van der Waals surface area contributed by atoms with Crippen LogP contribution in [-0.2, 0) is 4.79 Å². The summed E-state index contributed by atoms with van der Waals surface area (Å²) in [6.07, 6.45) is 10.5. The van der Waals surface area contributed by atoms with Crippen LogP contribution in [-0.4, -0.2) is 38.1 Å². The summed E-state index contributed by atoms with van der Waals surface area (Å²) in [4.78, 5) is 15.6. The molecule has 5 nitrogen and oxygen atoms in total. The van der Waals surface area contributed by atoms with Gasteiger partial charge >= 0.3 is 0 Å². The Morgan fingerprint density at radius 2 is 1.81 bits per heavy atom. The van der Waals surface area contributed by atoms with Gasteiger partial charge in [-0.25, -0.2) is 4.68 Å². The SMILES string of the molecule is CCCCCCN1C(=O)C(=Cc2cn(-c3ccccc3)nc2-c2ccc(OCCCC)c(C)c2)SC1=S. The first kappa shape index (κ1) is 27.1. The van der Waals surface area contributed by atoms with E-state index in [0.29, 0.717) is 22.4 Å². The second kappa shape index (κ2) is 13.1. The molecule has 0 spiro atoms. The molecule has 0 aliphatic carbocycles. The molecule has 1 fully saturated rings. The number of thiocarbonyl (C=S) groups is 1. The predicted octanol–water partition coefficient (Wildman–Crippen LogP) is 7.81. The van der Waals surface area contributed by atoms with Gasteiger partial charge in [0.1, 0.15) is 15.8 Å². The third kappa shape index (κ3) is 6.70. The number of aryl methyl sites for hydroxylation is 1. The Morgan fingerprint density at radius 1 is 1.03 bits per heavy atom. The van der Waals surface area contributed by atoms with E-state index in [1.807, 2.05) is 59.4 Å². The highest BCUT2D eigenvalue weighted by atomic mass is 32.2. The number of para-hydroxylation sites is 1. The summed E-state index contributed by atoms with van der Waals surface area (Å²) in [5, 5.41) is 4.94. The van der Waals surface area contributed by atoms with Crippen molar-refractivity contribution in [1.82, 2.24) is 14.7 Å². The minimum absolute atomic E-state index is 0.0132. The van der Waals surface area contributed by atoms with E-state index in [-0.39, 0.29) is 5.91 Å². The van der Waals surface area contributed by atoms with Gasteiger partial charge in [-0.3, -0.25) is 9.69 Å². The number of hydrogen-bond acceptors (Lipinski definition) is 5. The average Bonchev–Trinajstić information content (AvgIpc) is 3.44. The Kier molecular flexibility index (Phi) is 9.58. The van der Waals surface area contributed by atoms with E-state index in [1.165, 1.54) is 18.2 Å². The van der Waals surface area contributed by atoms with Crippen LogP contribution in [0, 0.1) is 6.92 Å². The lowest BCUT2D eigenvalue weighted by Crippen LogP contribution is -2.29. The third-order valence-electron chi connectivity index (χ3n) is 6.36. The van der Waals surface area contributed by atoms with Crippen molar-refractivity contribution in [3.8, 4) is 22.7 Å². The van der Waals surface area contributed by atoms with E-state index in [2.05, 4.69) is 26.8 Å². The zero-order valence-electron chi connectivity index (χ0n) is 21.9. The summed E-state index contributed by atoms with van der Waals surface area (Å²) in [6, 6.07) is 16.2. The lowest BCUT2D eigenvalue weighted by Gasteiger charge is -2.13. The van der Waals surface area contributed by atoms with Gasteiger partial charge in [0.05, 0.1) is 17.2 Å². The van der Waals surface area contributed by atoms with E-state index in [1.54, 1.807) is 4.90 Å². The van der Waals surface area contributed by atoms with Gasteiger partial charge in [0, 0.05) is 23.9 Å². The molecule has 4 rings (SSSR count). The number of benzene rings is 2.